The molecular weight excluding hydrogens is 166 g/mol. The maximum atomic E-state index is 5.44. The van der Waals surface area contributed by atoms with Crippen molar-refractivity contribution in [2.24, 2.45) is 4.99 Å². The molecule has 0 fully saturated rings. The molecule has 0 unspecified atom stereocenters. The SMILES string of the molecule is CO[Si](C)(C)CCCN=C(C)C. The Morgan fingerprint density at radius 2 is 1.92 bits per heavy atom. The summed E-state index contributed by atoms with van der Waals surface area (Å²) in [5.41, 5.74) is 1.17. The molecule has 0 aromatic rings. The number of rotatable bonds is 5. The number of aliphatic imine (C=N–C) groups is 1. The van der Waals surface area contributed by atoms with Gasteiger partial charge in [0, 0.05) is 19.4 Å². The molecule has 0 aliphatic carbocycles. The predicted octanol–water partition coefficient (Wildman–Crippen LogP) is 2.71. The largest absolute Gasteiger partial charge is 0.420 e. The Bertz CT molecular complexity index is 151. The van der Waals surface area contributed by atoms with Crippen LogP contribution in [0, 0.1) is 0 Å². The molecule has 3 heteroatoms. The average molecular weight is 187 g/mol. The normalized spacial score (nSPS) is 11.4. The molecule has 0 aromatic heterocycles. The minimum Gasteiger partial charge on any atom is -0.420 e. The molecule has 0 saturated carbocycles. The van der Waals surface area contributed by atoms with Gasteiger partial charge in [-0.3, -0.25) is 4.99 Å². The molecule has 0 heterocycles. The van der Waals surface area contributed by atoms with E-state index in [1.807, 2.05) is 21.0 Å². The van der Waals surface area contributed by atoms with Crippen LogP contribution >= 0.6 is 0 Å². The van der Waals surface area contributed by atoms with Crippen LogP contribution in [0.15, 0.2) is 4.99 Å². The van der Waals surface area contributed by atoms with Gasteiger partial charge in [-0.2, -0.15) is 0 Å². The van der Waals surface area contributed by atoms with E-state index in [9.17, 15) is 0 Å². The van der Waals surface area contributed by atoms with E-state index < -0.39 is 8.32 Å². The lowest BCUT2D eigenvalue weighted by atomic mass is 10.4. The van der Waals surface area contributed by atoms with Crippen molar-refractivity contribution in [3.05, 3.63) is 0 Å². The van der Waals surface area contributed by atoms with Gasteiger partial charge >= 0.3 is 0 Å². The van der Waals surface area contributed by atoms with Crippen LogP contribution in [0.4, 0.5) is 0 Å². The van der Waals surface area contributed by atoms with Gasteiger partial charge in [0.15, 0.2) is 8.32 Å². The van der Waals surface area contributed by atoms with Crippen LogP contribution in [0.5, 0.6) is 0 Å². The third kappa shape index (κ3) is 6.55. The smallest absolute Gasteiger partial charge is 0.186 e. The zero-order valence-electron chi connectivity index (χ0n) is 8.98. The Balaban J connectivity index is 3.50. The Kier molecular flexibility index (Phi) is 5.42. The fourth-order valence-electron chi connectivity index (χ4n) is 0.910. The standard InChI is InChI=1S/C9H21NOSi/c1-9(2)10-7-6-8-12(4,5)11-3/h6-8H2,1-5H3. The highest BCUT2D eigenvalue weighted by molar-refractivity contribution is 6.71. The maximum absolute atomic E-state index is 5.44. The summed E-state index contributed by atoms with van der Waals surface area (Å²) < 4.78 is 5.44. The summed E-state index contributed by atoms with van der Waals surface area (Å²) >= 11 is 0. The highest BCUT2D eigenvalue weighted by Gasteiger charge is 2.18. The fraction of sp³-hybridized carbons (Fsp3) is 0.889. The van der Waals surface area contributed by atoms with Gasteiger partial charge in [0.2, 0.25) is 0 Å². The minimum atomic E-state index is -1.32. The molecule has 2 nitrogen and oxygen atoms in total. The summed E-state index contributed by atoms with van der Waals surface area (Å²) in [4.78, 5) is 4.35. The van der Waals surface area contributed by atoms with Crippen LogP contribution < -0.4 is 0 Å². The number of hydrogen-bond donors (Lipinski definition) is 0. The summed E-state index contributed by atoms with van der Waals surface area (Å²) in [7, 11) is 0.501. The zero-order valence-corrected chi connectivity index (χ0v) is 9.98. The van der Waals surface area contributed by atoms with E-state index in [1.54, 1.807) is 0 Å². The second-order valence-corrected chi connectivity index (χ2v) is 8.32. The molecule has 0 bridgehead atoms. The maximum Gasteiger partial charge on any atom is 0.186 e. The highest BCUT2D eigenvalue weighted by Crippen LogP contribution is 2.11. The molecule has 0 radical (unpaired) electrons. The first-order chi connectivity index (χ1) is 5.48. The molecule has 0 atom stereocenters. The van der Waals surface area contributed by atoms with Gasteiger partial charge in [0.05, 0.1) is 0 Å². The van der Waals surface area contributed by atoms with Crippen molar-refractivity contribution in [1.29, 1.82) is 0 Å². The Morgan fingerprint density at radius 3 is 2.33 bits per heavy atom. The molecular formula is C9H21NOSi. The van der Waals surface area contributed by atoms with Crippen molar-refractivity contribution in [1.82, 2.24) is 0 Å². The summed E-state index contributed by atoms with van der Waals surface area (Å²) in [6.45, 7) is 9.53. The molecule has 72 valence electrons. The third-order valence-electron chi connectivity index (χ3n) is 1.92. The molecule has 0 rings (SSSR count). The Labute approximate surface area is 77.2 Å². The number of hydrogen-bond acceptors (Lipinski definition) is 2. The van der Waals surface area contributed by atoms with Crippen molar-refractivity contribution in [2.75, 3.05) is 13.7 Å². The summed E-state index contributed by atoms with van der Waals surface area (Å²) in [5, 5.41) is 0. The molecule has 0 saturated heterocycles. The van der Waals surface area contributed by atoms with E-state index in [0.717, 1.165) is 13.0 Å². The van der Waals surface area contributed by atoms with Crippen LogP contribution in [-0.2, 0) is 4.43 Å². The van der Waals surface area contributed by atoms with E-state index in [1.165, 1.54) is 11.8 Å². The van der Waals surface area contributed by atoms with Gasteiger partial charge < -0.3 is 4.43 Å². The lowest BCUT2D eigenvalue weighted by molar-refractivity contribution is 0.402. The van der Waals surface area contributed by atoms with E-state index in [-0.39, 0.29) is 0 Å². The van der Waals surface area contributed by atoms with Crippen LogP contribution in [0.1, 0.15) is 20.3 Å². The lowest BCUT2D eigenvalue weighted by Crippen LogP contribution is -2.28. The van der Waals surface area contributed by atoms with Gasteiger partial charge in [0.25, 0.3) is 0 Å². The van der Waals surface area contributed by atoms with Crippen LogP contribution in [0.3, 0.4) is 0 Å². The average Bonchev–Trinajstić information content (AvgIpc) is 1.98. The van der Waals surface area contributed by atoms with Gasteiger partial charge in [-0.25, -0.2) is 0 Å². The topological polar surface area (TPSA) is 21.6 Å². The third-order valence-corrected chi connectivity index (χ3v) is 4.58. The first kappa shape index (κ1) is 11.8. The molecule has 0 spiro atoms. The lowest BCUT2D eigenvalue weighted by Gasteiger charge is -2.18. The molecule has 12 heavy (non-hydrogen) atoms. The molecule has 0 amide bonds. The molecule has 0 N–H and O–H groups in total. The van der Waals surface area contributed by atoms with Gasteiger partial charge in [0.1, 0.15) is 0 Å². The highest BCUT2D eigenvalue weighted by atomic mass is 28.4. The Hall–Kier alpha value is -0.153. The first-order valence-corrected chi connectivity index (χ1v) is 7.62. The zero-order chi connectivity index (χ0) is 9.61. The van der Waals surface area contributed by atoms with E-state index in [0.29, 0.717) is 0 Å². The van der Waals surface area contributed by atoms with Crippen molar-refractivity contribution < 1.29 is 4.43 Å². The molecule has 0 aliphatic heterocycles. The predicted molar refractivity (Wildman–Crippen MR) is 57.6 cm³/mol. The second kappa shape index (κ2) is 5.49. The Morgan fingerprint density at radius 1 is 1.33 bits per heavy atom. The summed E-state index contributed by atoms with van der Waals surface area (Å²) in [6.07, 6.45) is 1.16. The monoisotopic (exact) mass is 187 g/mol. The molecule has 0 aliphatic rings. The van der Waals surface area contributed by atoms with Gasteiger partial charge in [-0.1, -0.05) is 0 Å². The quantitative estimate of drug-likeness (QED) is 0.368. The van der Waals surface area contributed by atoms with Crippen molar-refractivity contribution >= 4 is 14.0 Å². The fourth-order valence-corrected chi connectivity index (χ4v) is 2.12. The summed E-state index contributed by atoms with van der Waals surface area (Å²) in [6, 6.07) is 1.21. The van der Waals surface area contributed by atoms with Crippen LogP contribution in [-0.4, -0.2) is 27.7 Å². The minimum absolute atomic E-state index is 0.960. The van der Waals surface area contributed by atoms with Crippen molar-refractivity contribution in [3.8, 4) is 0 Å². The van der Waals surface area contributed by atoms with E-state index in [4.69, 9.17) is 4.43 Å². The first-order valence-electron chi connectivity index (χ1n) is 4.51. The van der Waals surface area contributed by atoms with Gasteiger partial charge in [-0.05, 0) is 39.4 Å². The van der Waals surface area contributed by atoms with Crippen LogP contribution in [0.25, 0.3) is 0 Å². The van der Waals surface area contributed by atoms with Crippen LogP contribution in [0.2, 0.25) is 19.1 Å². The number of nitrogens with zero attached hydrogens (tertiary/aromatic N) is 1. The summed E-state index contributed by atoms with van der Waals surface area (Å²) in [5.74, 6) is 0. The van der Waals surface area contributed by atoms with Crippen molar-refractivity contribution in [3.63, 3.8) is 0 Å². The van der Waals surface area contributed by atoms with Gasteiger partial charge in [-0.15, -0.1) is 0 Å². The molecule has 0 aromatic carbocycles. The van der Waals surface area contributed by atoms with E-state index >= 15 is 0 Å². The van der Waals surface area contributed by atoms with E-state index in [2.05, 4.69) is 18.1 Å². The second-order valence-electron chi connectivity index (χ2n) is 3.90. The van der Waals surface area contributed by atoms with Crippen molar-refractivity contribution in [2.45, 2.75) is 39.4 Å².